The third-order valence-corrected chi connectivity index (χ3v) is 6.20. The van der Waals surface area contributed by atoms with Crippen molar-refractivity contribution in [1.29, 1.82) is 0 Å². The molecule has 0 bridgehead atoms. The van der Waals surface area contributed by atoms with E-state index in [2.05, 4.69) is 6.92 Å². The van der Waals surface area contributed by atoms with Gasteiger partial charge in [0.2, 0.25) is 11.8 Å². The molecule has 0 spiro atoms. The van der Waals surface area contributed by atoms with Crippen LogP contribution in [0.3, 0.4) is 0 Å². The van der Waals surface area contributed by atoms with Gasteiger partial charge in [-0.3, -0.25) is 9.59 Å². The van der Waals surface area contributed by atoms with Gasteiger partial charge in [-0.1, -0.05) is 19.8 Å². The van der Waals surface area contributed by atoms with E-state index in [-0.39, 0.29) is 17.7 Å². The van der Waals surface area contributed by atoms with Crippen molar-refractivity contribution in [2.24, 2.45) is 11.8 Å². The smallest absolute Gasteiger partial charge is 0.228 e. The quantitative estimate of drug-likeness (QED) is 0.824. The molecule has 4 rings (SSSR count). The zero-order valence-corrected chi connectivity index (χ0v) is 15.2. The number of hydrogen-bond acceptors (Lipinski definition) is 3. The fraction of sp³-hybridized carbons (Fsp3) is 0.700. The number of nitrogens with zero attached hydrogens (tertiary/aromatic N) is 2. The third kappa shape index (κ3) is 3.33. The van der Waals surface area contributed by atoms with Crippen LogP contribution >= 0.6 is 0 Å². The van der Waals surface area contributed by atoms with Crippen LogP contribution in [0.25, 0.3) is 0 Å². The molecule has 1 aliphatic heterocycles. The highest BCUT2D eigenvalue weighted by molar-refractivity contribution is 5.89. The lowest BCUT2D eigenvalue weighted by atomic mass is 10.1. The molecule has 5 heteroatoms. The van der Waals surface area contributed by atoms with Crippen LogP contribution in [-0.4, -0.2) is 41.2 Å². The van der Waals surface area contributed by atoms with E-state index in [0.29, 0.717) is 37.4 Å². The minimum Gasteiger partial charge on any atom is -0.464 e. The van der Waals surface area contributed by atoms with Gasteiger partial charge in [-0.15, -0.1) is 0 Å². The molecule has 2 saturated carbocycles. The third-order valence-electron chi connectivity index (χ3n) is 6.20. The molecule has 2 amide bonds. The van der Waals surface area contributed by atoms with Crippen LogP contribution in [0.5, 0.6) is 0 Å². The molecule has 3 aliphatic rings. The van der Waals surface area contributed by atoms with Crippen LogP contribution in [0, 0.1) is 11.8 Å². The van der Waals surface area contributed by atoms with Gasteiger partial charge in [0, 0.05) is 32.0 Å². The Morgan fingerprint density at radius 3 is 2.72 bits per heavy atom. The van der Waals surface area contributed by atoms with Gasteiger partial charge in [0.05, 0.1) is 12.5 Å². The molecule has 0 radical (unpaired) electrons. The predicted octanol–water partition coefficient (Wildman–Crippen LogP) is 3.15. The Bertz CT molecular complexity index is 662. The molecule has 3 fully saturated rings. The summed E-state index contributed by atoms with van der Waals surface area (Å²) in [5.41, 5.74) is 0. The topological polar surface area (TPSA) is 53.8 Å². The van der Waals surface area contributed by atoms with Gasteiger partial charge < -0.3 is 14.2 Å². The van der Waals surface area contributed by atoms with Gasteiger partial charge in [-0.05, 0) is 37.3 Å². The number of carbonyl (C=O) groups excluding carboxylic acids is 2. The van der Waals surface area contributed by atoms with Crippen molar-refractivity contribution in [2.45, 2.75) is 64.0 Å². The molecule has 2 aliphatic carbocycles. The number of hydrogen-bond donors (Lipinski definition) is 0. The number of carbonyl (C=O) groups is 2. The lowest BCUT2D eigenvalue weighted by molar-refractivity contribution is -0.135. The highest BCUT2D eigenvalue weighted by Gasteiger charge is 2.40. The molecule has 5 nitrogen and oxygen atoms in total. The van der Waals surface area contributed by atoms with Gasteiger partial charge >= 0.3 is 0 Å². The first-order valence-corrected chi connectivity index (χ1v) is 9.66. The van der Waals surface area contributed by atoms with Crippen LogP contribution in [0.4, 0.5) is 0 Å². The largest absolute Gasteiger partial charge is 0.464 e. The van der Waals surface area contributed by atoms with E-state index in [1.165, 1.54) is 19.3 Å². The van der Waals surface area contributed by atoms with E-state index in [4.69, 9.17) is 4.42 Å². The molecule has 1 aromatic rings. The molecule has 1 saturated heterocycles. The lowest BCUT2D eigenvalue weighted by Crippen LogP contribution is -2.37. The molecule has 0 N–H and O–H groups in total. The maximum atomic E-state index is 12.8. The summed E-state index contributed by atoms with van der Waals surface area (Å²) in [5, 5.41) is 0. The average Bonchev–Trinajstić information content (AvgIpc) is 3.04. The molecule has 3 atom stereocenters. The molecule has 1 aromatic heterocycles. The van der Waals surface area contributed by atoms with Gasteiger partial charge in [-0.25, -0.2) is 0 Å². The summed E-state index contributed by atoms with van der Waals surface area (Å²) in [6.45, 7) is 3.30. The van der Waals surface area contributed by atoms with E-state index in [1.807, 2.05) is 24.1 Å². The Labute approximate surface area is 149 Å². The van der Waals surface area contributed by atoms with Gasteiger partial charge in [0.1, 0.15) is 11.5 Å². The summed E-state index contributed by atoms with van der Waals surface area (Å²) in [6.07, 6.45) is 6.15. The zero-order valence-electron chi connectivity index (χ0n) is 15.2. The Morgan fingerprint density at radius 2 is 2.04 bits per heavy atom. The van der Waals surface area contributed by atoms with Crippen molar-refractivity contribution in [3.8, 4) is 0 Å². The average molecular weight is 344 g/mol. The molecule has 25 heavy (non-hydrogen) atoms. The highest BCUT2D eigenvalue weighted by atomic mass is 16.3. The van der Waals surface area contributed by atoms with Crippen molar-refractivity contribution in [3.63, 3.8) is 0 Å². The summed E-state index contributed by atoms with van der Waals surface area (Å²) >= 11 is 0. The fourth-order valence-electron chi connectivity index (χ4n) is 4.49. The number of furan rings is 1. The zero-order chi connectivity index (χ0) is 17.6. The van der Waals surface area contributed by atoms with Gasteiger partial charge in [0.15, 0.2) is 0 Å². The summed E-state index contributed by atoms with van der Waals surface area (Å²) in [7, 11) is 1.81. The summed E-state index contributed by atoms with van der Waals surface area (Å²) < 4.78 is 5.91. The summed E-state index contributed by atoms with van der Waals surface area (Å²) in [5.74, 6) is 3.17. The van der Waals surface area contributed by atoms with Crippen LogP contribution in [0.15, 0.2) is 16.5 Å². The summed E-state index contributed by atoms with van der Waals surface area (Å²) in [6, 6.07) is 4.39. The molecular formula is C20H28N2O3. The van der Waals surface area contributed by atoms with E-state index in [0.717, 1.165) is 24.4 Å². The Kier molecular flexibility index (Phi) is 4.34. The number of amides is 2. The first kappa shape index (κ1) is 16.7. The Balaban J connectivity index is 1.34. The normalized spacial score (nSPS) is 29.4. The summed E-state index contributed by atoms with van der Waals surface area (Å²) in [4.78, 5) is 28.8. The lowest BCUT2D eigenvalue weighted by Gasteiger charge is -2.25. The second-order valence-electron chi connectivity index (χ2n) is 8.20. The second-order valence-corrected chi connectivity index (χ2v) is 8.20. The van der Waals surface area contributed by atoms with Crippen LogP contribution in [0.2, 0.25) is 0 Å². The van der Waals surface area contributed by atoms with Crippen molar-refractivity contribution < 1.29 is 14.0 Å². The Hall–Kier alpha value is -1.78. The Morgan fingerprint density at radius 1 is 1.32 bits per heavy atom. The van der Waals surface area contributed by atoms with Crippen LogP contribution in [0.1, 0.15) is 62.9 Å². The first-order valence-electron chi connectivity index (χ1n) is 9.66. The minimum absolute atomic E-state index is 0.0617. The van der Waals surface area contributed by atoms with E-state index < -0.39 is 0 Å². The van der Waals surface area contributed by atoms with Crippen LogP contribution < -0.4 is 0 Å². The molecule has 136 valence electrons. The molecule has 0 aromatic carbocycles. The maximum absolute atomic E-state index is 12.8. The van der Waals surface area contributed by atoms with E-state index >= 15 is 0 Å². The predicted molar refractivity (Wildman–Crippen MR) is 93.8 cm³/mol. The highest BCUT2D eigenvalue weighted by Crippen LogP contribution is 2.47. The standard InChI is InChI=1S/C20H28N2O3/c1-13-9-17(13)18-8-7-16(25-18)12-21(2)20(24)14-10-19(23)22(11-14)15-5-3-4-6-15/h7-8,13-15,17H,3-6,9-12H2,1-2H3/t13-,14-,17+/m1/s1. The van der Waals surface area contributed by atoms with Crippen LogP contribution in [-0.2, 0) is 16.1 Å². The maximum Gasteiger partial charge on any atom is 0.228 e. The fourth-order valence-corrected chi connectivity index (χ4v) is 4.49. The number of rotatable bonds is 5. The van der Waals surface area contributed by atoms with E-state index in [9.17, 15) is 9.59 Å². The van der Waals surface area contributed by atoms with Crippen molar-refractivity contribution in [3.05, 3.63) is 23.7 Å². The van der Waals surface area contributed by atoms with Crippen molar-refractivity contribution in [1.82, 2.24) is 9.80 Å². The second kappa shape index (κ2) is 6.50. The number of likely N-dealkylation sites (tertiary alicyclic amines) is 1. The first-order chi connectivity index (χ1) is 12.0. The minimum atomic E-state index is -0.198. The molecule has 0 unspecified atom stereocenters. The van der Waals surface area contributed by atoms with E-state index in [1.54, 1.807) is 4.90 Å². The molecular weight excluding hydrogens is 316 g/mol. The SMILES string of the molecule is C[C@@H]1C[C@@H]1c1ccc(CN(C)C(=O)[C@@H]2CC(=O)N(C3CCCC3)C2)o1. The monoisotopic (exact) mass is 344 g/mol. The van der Waals surface area contributed by atoms with Crippen molar-refractivity contribution in [2.75, 3.05) is 13.6 Å². The van der Waals surface area contributed by atoms with Crippen molar-refractivity contribution >= 4 is 11.8 Å². The van der Waals surface area contributed by atoms with Gasteiger partial charge in [-0.2, -0.15) is 0 Å². The molecule has 2 heterocycles. The van der Waals surface area contributed by atoms with Gasteiger partial charge in [0.25, 0.3) is 0 Å².